The first-order valence-electron chi connectivity index (χ1n) is 8.25. The number of carbonyl (C=O) groups excluding carboxylic acids is 1. The molecule has 0 aliphatic carbocycles. The van der Waals surface area contributed by atoms with Crippen LogP contribution in [0.1, 0.15) is 22.5 Å². The summed E-state index contributed by atoms with van der Waals surface area (Å²) in [7, 11) is 1.63. The van der Waals surface area contributed by atoms with Gasteiger partial charge in [-0.05, 0) is 31.6 Å². The molecule has 0 spiro atoms. The summed E-state index contributed by atoms with van der Waals surface area (Å²) in [5.74, 6) is -0.309. The third-order valence-electron chi connectivity index (χ3n) is 4.07. The first kappa shape index (κ1) is 20.6. The van der Waals surface area contributed by atoms with Crippen molar-refractivity contribution in [2.24, 2.45) is 0 Å². The number of hydrogen-bond donors (Lipinski definition) is 1. The van der Waals surface area contributed by atoms with Crippen molar-refractivity contribution in [2.45, 2.75) is 26.9 Å². The van der Waals surface area contributed by atoms with Crippen LogP contribution in [0.25, 0.3) is 6.08 Å². The summed E-state index contributed by atoms with van der Waals surface area (Å²) in [5.41, 5.74) is 3.09. The summed E-state index contributed by atoms with van der Waals surface area (Å²) in [5, 5.41) is 18.2. The molecular weight excluding hydrogens is 372 g/mol. The third kappa shape index (κ3) is 5.38. The Bertz CT molecular complexity index is 876. The van der Waals surface area contributed by atoms with Crippen LogP contribution in [0.2, 0.25) is 5.02 Å². The molecule has 8 nitrogen and oxygen atoms in total. The van der Waals surface area contributed by atoms with Crippen molar-refractivity contribution in [3.63, 3.8) is 0 Å². The molecule has 2 rings (SSSR count). The largest absolute Gasteiger partial charge is 0.383 e. The SMILES string of the molecule is COCCn1nc(C)c(CNC(=O)/C=C/c2ccc(Cl)c([N+](=O)[O-])c2)c1C. The lowest BCUT2D eigenvalue weighted by Gasteiger charge is -2.05. The second kappa shape index (κ2) is 9.29. The Balaban J connectivity index is 2.01. The first-order chi connectivity index (χ1) is 12.8. The van der Waals surface area contributed by atoms with E-state index in [1.807, 2.05) is 18.5 Å². The van der Waals surface area contributed by atoms with Crippen molar-refractivity contribution in [1.29, 1.82) is 0 Å². The fourth-order valence-electron chi connectivity index (χ4n) is 2.56. The molecule has 144 valence electrons. The number of nitro benzene ring substituents is 1. The molecular formula is C18H21ClN4O4. The van der Waals surface area contributed by atoms with Gasteiger partial charge >= 0.3 is 0 Å². The van der Waals surface area contributed by atoms with Gasteiger partial charge < -0.3 is 10.1 Å². The van der Waals surface area contributed by atoms with Gasteiger partial charge in [-0.3, -0.25) is 19.6 Å². The Kier molecular flexibility index (Phi) is 7.09. The van der Waals surface area contributed by atoms with Crippen LogP contribution in [0, 0.1) is 24.0 Å². The van der Waals surface area contributed by atoms with E-state index in [0.29, 0.717) is 25.3 Å². The quantitative estimate of drug-likeness (QED) is 0.423. The maximum Gasteiger partial charge on any atom is 0.288 e. The van der Waals surface area contributed by atoms with Crippen LogP contribution in [-0.4, -0.2) is 34.3 Å². The Morgan fingerprint density at radius 2 is 2.19 bits per heavy atom. The molecule has 1 amide bonds. The lowest BCUT2D eigenvalue weighted by atomic mass is 10.2. The van der Waals surface area contributed by atoms with E-state index in [9.17, 15) is 14.9 Å². The van der Waals surface area contributed by atoms with Crippen molar-refractivity contribution >= 4 is 29.3 Å². The fraction of sp³-hybridized carbons (Fsp3) is 0.333. The maximum absolute atomic E-state index is 12.1. The van der Waals surface area contributed by atoms with E-state index in [0.717, 1.165) is 17.0 Å². The molecule has 27 heavy (non-hydrogen) atoms. The number of rotatable bonds is 8. The van der Waals surface area contributed by atoms with Gasteiger partial charge in [-0.1, -0.05) is 17.7 Å². The molecule has 1 aromatic heterocycles. The first-order valence-corrected chi connectivity index (χ1v) is 8.63. The van der Waals surface area contributed by atoms with E-state index in [2.05, 4.69) is 10.4 Å². The van der Waals surface area contributed by atoms with Crippen molar-refractivity contribution < 1.29 is 14.5 Å². The highest BCUT2D eigenvalue weighted by atomic mass is 35.5. The number of benzene rings is 1. The molecule has 1 N–H and O–H groups in total. The number of nitro groups is 1. The van der Waals surface area contributed by atoms with Gasteiger partial charge in [0, 0.05) is 37.1 Å². The standard InChI is InChI=1S/C18H21ClN4O4/c1-12-15(13(2)22(21-12)8-9-27-3)11-20-18(24)7-5-14-4-6-16(19)17(10-14)23(25)26/h4-7,10H,8-9,11H2,1-3H3,(H,20,24)/b7-5+. The van der Waals surface area contributed by atoms with Crippen LogP contribution in [0.3, 0.4) is 0 Å². The highest BCUT2D eigenvalue weighted by Crippen LogP contribution is 2.25. The molecule has 0 saturated heterocycles. The predicted molar refractivity (Wildman–Crippen MR) is 103 cm³/mol. The second-order valence-electron chi connectivity index (χ2n) is 5.88. The molecule has 0 atom stereocenters. The summed E-state index contributed by atoms with van der Waals surface area (Å²) in [6, 6.07) is 4.35. The number of aryl methyl sites for hydroxylation is 1. The number of carbonyl (C=O) groups is 1. The Morgan fingerprint density at radius 1 is 1.44 bits per heavy atom. The summed E-state index contributed by atoms with van der Waals surface area (Å²) >= 11 is 5.77. The molecule has 1 heterocycles. The maximum atomic E-state index is 12.1. The number of halogens is 1. The average molecular weight is 393 g/mol. The summed E-state index contributed by atoms with van der Waals surface area (Å²) < 4.78 is 6.91. The topological polar surface area (TPSA) is 99.3 Å². The monoisotopic (exact) mass is 392 g/mol. The number of ether oxygens (including phenoxy) is 1. The lowest BCUT2D eigenvalue weighted by Crippen LogP contribution is -2.21. The molecule has 0 aliphatic rings. The van der Waals surface area contributed by atoms with Crippen LogP contribution >= 0.6 is 11.6 Å². The van der Waals surface area contributed by atoms with E-state index in [1.54, 1.807) is 13.2 Å². The van der Waals surface area contributed by atoms with Crippen LogP contribution in [-0.2, 0) is 22.6 Å². The Morgan fingerprint density at radius 3 is 2.85 bits per heavy atom. The van der Waals surface area contributed by atoms with Gasteiger partial charge in [0.2, 0.25) is 5.91 Å². The highest BCUT2D eigenvalue weighted by molar-refractivity contribution is 6.32. The molecule has 9 heteroatoms. The molecule has 0 fully saturated rings. The molecule has 0 bridgehead atoms. The van der Waals surface area contributed by atoms with Gasteiger partial charge in [-0.2, -0.15) is 5.10 Å². The number of aromatic nitrogens is 2. The summed E-state index contributed by atoms with van der Waals surface area (Å²) in [6.07, 6.45) is 2.83. The summed E-state index contributed by atoms with van der Waals surface area (Å²) in [6.45, 7) is 5.38. The zero-order chi connectivity index (χ0) is 20.0. The van der Waals surface area contributed by atoms with Gasteiger partial charge in [0.15, 0.2) is 0 Å². The minimum absolute atomic E-state index is 0.0537. The fourth-order valence-corrected chi connectivity index (χ4v) is 2.75. The zero-order valence-electron chi connectivity index (χ0n) is 15.4. The zero-order valence-corrected chi connectivity index (χ0v) is 16.1. The number of nitrogens with zero attached hydrogens (tertiary/aromatic N) is 3. The number of nitrogens with one attached hydrogen (secondary N) is 1. The molecule has 2 aromatic rings. The van der Waals surface area contributed by atoms with Crippen molar-refractivity contribution in [2.75, 3.05) is 13.7 Å². The third-order valence-corrected chi connectivity index (χ3v) is 4.39. The van der Waals surface area contributed by atoms with Gasteiger partial charge in [0.25, 0.3) is 5.69 Å². The lowest BCUT2D eigenvalue weighted by molar-refractivity contribution is -0.384. The van der Waals surface area contributed by atoms with Gasteiger partial charge in [0.05, 0.1) is 23.8 Å². The minimum atomic E-state index is -0.563. The predicted octanol–water partition coefficient (Wildman–Crippen LogP) is 3.04. The second-order valence-corrected chi connectivity index (χ2v) is 6.29. The molecule has 1 aromatic carbocycles. The van der Waals surface area contributed by atoms with Crippen LogP contribution in [0.15, 0.2) is 24.3 Å². The minimum Gasteiger partial charge on any atom is -0.383 e. The van der Waals surface area contributed by atoms with Gasteiger partial charge in [-0.15, -0.1) is 0 Å². The number of methoxy groups -OCH3 is 1. The van der Waals surface area contributed by atoms with Crippen LogP contribution < -0.4 is 5.32 Å². The number of amides is 1. The van der Waals surface area contributed by atoms with E-state index >= 15 is 0 Å². The molecule has 0 radical (unpaired) electrons. The van der Waals surface area contributed by atoms with Gasteiger partial charge in [-0.25, -0.2) is 0 Å². The number of hydrogen-bond acceptors (Lipinski definition) is 5. The van der Waals surface area contributed by atoms with E-state index in [-0.39, 0.29) is 16.6 Å². The molecule has 0 unspecified atom stereocenters. The molecule has 0 aliphatic heterocycles. The molecule has 0 saturated carbocycles. The summed E-state index contributed by atoms with van der Waals surface area (Å²) in [4.78, 5) is 22.4. The van der Waals surface area contributed by atoms with Crippen LogP contribution in [0.5, 0.6) is 0 Å². The van der Waals surface area contributed by atoms with E-state index < -0.39 is 4.92 Å². The van der Waals surface area contributed by atoms with Gasteiger partial charge in [0.1, 0.15) is 5.02 Å². The van der Waals surface area contributed by atoms with Crippen LogP contribution in [0.4, 0.5) is 5.69 Å². The average Bonchev–Trinajstić information content (AvgIpc) is 2.90. The van der Waals surface area contributed by atoms with Crippen molar-refractivity contribution in [3.8, 4) is 0 Å². The van der Waals surface area contributed by atoms with Crippen molar-refractivity contribution in [1.82, 2.24) is 15.1 Å². The van der Waals surface area contributed by atoms with E-state index in [1.165, 1.54) is 24.3 Å². The smallest absolute Gasteiger partial charge is 0.288 e. The Hall–Kier alpha value is -2.71. The Labute approximate surface area is 161 Å². The highest BCUT2D eigenvalue weighted by Gasteiger charge is 2.13. The van der Waals surface area contributed by atoms with E-state index in [4.69, 9.17) is 16.3 Å². The normalized spacial score (nSPS) is 11.1. The van der Waals surface area contributed by atoms with Crippen molar-refractivity contribution in [3.05, 3.63) is 61.9 Å².